The summed E-state index contributed by atoms with van der Waals surface area (Å²) >= 11 is 0. The van der Waals surface area contributed by atoms with Crippen LogP contribution in [0.3, 0.4) is 0 Å². The molecule has 1 aliphatic heterocycles. The fourth-order valence-corrected chi connectivity index (χ4v) is 2.36. The van der Waals surface area contributed by atoms with Crippen LogP contribution in [0.4, 0.5) is 5.69 Å². The molecule has 2 aliphatic rings. The summed E-state index contributed by atoms with van der Waals surface area (Å²) in [6, 6.07) is 8.95. The van der Waals surface area contributed by atoms with Gasteiger partial charge >= 0.3 is 0 Å². The van der Waals surface area contributed by atoms with Crippen molar-refractivity contribution in [2.75, 3.05) is 11.9 Å². The molecule has 2 heteroatoms. The van der Waals surface area contributed by atoms with Crippen molar-refractivity contribution in [2.45, 2.75) is 31.1 Å². The Morgan fingerprint density at radius 3 is 2.93 bits per heavy atom. The van der Waals surface area contributed by atoms with Crippen molar-refractivity contribution in [2.24, 2.45) is 0 Å². The highest BCUT2D eigenvalue weighted by Gasteiger charge is 2.45. The third kappa shape index (κ3) is 1.31. The first-order valence-electron chi connectivity index (χ1n) is 5.63. The number of rotatable bonds is 1. The van der Waals surface area contributed by atoms with Gasteiger partial charge in [0.1, 0.15) is 0 Å². The Hall–Kier alpha value is -1.49. The van der Waals surface area contributed by atoms with Gasteiger partial charge in [0.05, 0.1) is 11.5 Å². The number of benzene rings is 1. The van der Waals surface area contributed by atoms with E-state index in [0.717, 1.165) is 25.8 Å². The number of aryl methyl sites for hydroxylation is 1. The Labute approximate surface area is 89.9 Å². The smallest absolute Gasteiger partial charge is 0.0823 e. The summed E-state index contributed by atoms with van der Waals surface area (Å²) in [6.07, 6.45) is 4.43. The lowest BCUT2D eigenvalue weighted by atomic mass is 9.92. The van der Waals surface area contributed by atoms with Crippen LogP contribution < -0.4 is 5.32 Å². The van der Waals surface area contributed by atoms with Crippen LogP contribution in [0.2, 0.25) is 0 Å². The summed E-state index contributed by atoms with van der Waals surface area (Å²) in [5.41, 5.74) is 3.75. The van der Waals surface area contributed by atoms with Gasteiger partial charge < -0.3 is 5.32 Å². The van der Waals surface area contributed by atoms with Crippen molar-refractivity contribution in [3.63, 3.8) is 0 Å². The third-order valence-electron chi connectivity index (χ3n) is 3.56. The molecule has 0 unspecified atom stereocenters. The van der Waals surface area contributed by atoms with Crippen LogP contribution in [-0.4, -0.2) is 6.54 Å². The van der Waals surface area contributed by atoms with E-state index in [1.807, 2.05) is 0 Å². The van der Waals surface area contributed by atoms with Crippen LogP contribution in [0.15, 0.2) is 18.2 Å². The van der Waals surface area contributed by atoms with E-state index < -0.39 is 0 Å². The largest absolute Gasteiger partial charge is 0.385 e. The second kappa shape index (κ2) is 3.00. The molecule has 2 nitrogen and oxygen atoms in total. The van der Waals surface area contributed by atoms with E-state index >= 15 is 0 Å². The van der Waals surface area contributed by atoms with Crippen LogP contribution >= 0.6 is 0 Å². The van der Waals surface area contributed by atoms with Crippen LogP contribution in [-0.2, 0) is 11.8 Å². The molecule has 0 atom stereocenters. The topological polar surface area (TPSA) is 35.8 Å². The minimum Gasteiger partial charge on any atom is -0.385 e. The van der Waals surface area contributed by atoms with Crippen molar-refractivity contribution in [3.8, 4) is 6.07 Å². The van der Waals surface area contributed by atoms with Crippen LogP contribution in [0, 0.1) is 11.3 Å². The van der Waals surface area contributed by atoms with E-state index in [9.17, 15) is 0 Å². The number of fused-ring (bicyclic) bond motifs is 1. The quantitative estimate of drug-likeness (QED) is 0.753. The van der Waals surface area contributed by atoms with E-state index in [1.165, 1.54) is 23.2 Å². The number of nitrogens with one attached hydrogen (secondary N) is 1. The van der Waals surface area contributed by atoms with E-state index in [1.54, 1.807) is 0 Å². The van der Waals surface area contributed by atoms with Gasteiger partial charge in [0.25, 0.3) is 0 Å². The highest BCUT2D eigenvalue weighted by Crippen LogP contribution is 2.48. The first-order chi connectivity index (χ1) is 7.34. The number of nitrogens with zero attached hydrogens (tertiary/aromatic N) is 1. The van der Waals surface area contributed by atoms with Crippen LogP contribution in [0.25, 0.3) is 0 Å². The Kier molecular flexibility index (Phi) is 1.76. The molecule has 1 aliphatic carbocycles. The van der Waals surface area contributed by atoms with Crippen molar-refractivity contribution >= 4 is 5.69 Å². The Balaban J connectivity index is 2.02. The summed E-state index contributed by atoms with van der Waals surface area (Å²) in [5, 5.41) is 12.5. The average molecular weight is 198 g/mol. The molecule has 0 saturated heterocycles. The Bertz CT molecular complexity index is 438. The molecule has 0 radical (unpaired) electrons. The van der Waals surface area contributed by atoms with E-state index in [4.69, 9.17) is 5.26 Å². The minimum absolute atomic E-state index is 0.132. The molecule has 76 valence electrons. The zero-order valence-corrected chi connectivity index (χ0v) is 8.71. The lowest BCUT2D eigenvalue weighted by Gasteiger charge is -2.19. The third-order valence-corrected chi connectivity index (χ3v) is 3.56. The molecule has 0 spiro atoms. The summed E-state index contributed by atoms with van der Waals surface area (Å²) in [5.74, 6) is 0. The number of anilines is 1. The fraction of sp³-hybridized carbons (Fsp3) is 0.462. The van der Waals surface area contributed by atoms with E-state index in [0.29, 0.717) is 0 Å². The minimum atomic E-state index is -0.132. The lowest BCUT2D eigenvalue weighted by Crippen LogP contribution is -2.13. The standard InChI is InChI=1S/C13H14N2/c14-9-13(5-6-13)11-3-4-12-10(8-11)2-1-7-15-12/h3-4,8,15H,1-2,5-7H2. The van der Waals surface area contributed by atoms with Crippen LogP contribution in [0.5, 0.6) is 0 Å². The van der Waals surface area contributed by atoms with Gasteiger partial charge in [-0.05, 0) is 42.9 Å². The van der Waals surface area contributed by atoms with Gasteiger partial charge in [-0.1, -0.05) is 12.1 Å². The van der Waals surface area contributed by atoms with Crippen molar-refractivity contribution < 1.29 is 0 Å². The number of hydrogen-bond acceptors (Lipinski definition) is 2. The summed E-state index contributed by atoms with van der Waals surface area (Å²) < 4.78 is 0. The monoisotopic (exact) mass is 198 g/mol. The van der Waals surface area contributed by atoms with Crippen molar-refractivity contribution in [1.29, 1.82) is 5.26 Å². The van der Waals surface area contributed by atoms with Gasteiger partial charge in [-0.25, -0.2) is 0 Å². The highest BCUT2D eigenvalue weighted by molar-refractivity contribution is 5.57. The molecule has 0 bridgehead atoms. The summed E-state index contributed by atoms with van der Waals surface area (Å²) in [4.78, 5) is 0. The van der Waals surface area contributed by atoms with Gasteiger partial charge in [0.15, 0.2) is 0 Å². The van der Waals surface area contributed by atoms with Crippen molar-refractivity contribution in [3.05, 3.63) is 29.3 Å². The number of nitriles is 1. The molecule has 1 N–H and O–H groups in total. The Morgan fingerprint density at radius 2 is 2.20 bits per heavy atom. The van der Waals surface area contributed by atoms with Crippen LogP contribution in [0.1, 0.15) is 30.4 Å². The molecule has 0 aromatic heterocycles. The van der Waals surface area contributed by atoms with E-state index in [-0.39, 0.29) is 5.41 Å². The van der Waals surface area contributed by atoms with E-state index in [2.05, 4.69) is 29.6 Å². The fourth-order valence-electron chi connectivity index (χ4n) is 2.36. The molecule has 15 heavy (non-hydrogen) atoms. The maximum Gasteiger partial charge on any atom is 0.0823 e. The lowest BCUT2D eigenvalue weighted by molar-refractivity contribution is 0.820. The second-order valence-electron chi connectivity index (χ2n) is 4.60. The second-order valence-corrected chi connectivity index (χ2v) is 4.60. The molecule has 1 saturated carbocycles. The van der Waals surface area contributed by atoms with Crippen molar-refractivity contribution in [1.82, 2.24) is 0 Å². The first-order valence-corrected chi connectivity index (χ1v) is 5.63. The molecule has 1 fully saturated rings. The predicted molar refractivity (Wildman–Crippen MR) is 59.8 cm³/mol. The maximum atomic E-state index is 9.15. The first kappa shape index (κ1) is 8.79. The molecular weight excluding hydrogens is 184 g/mol. The van der Waals surface area contributed by atoms with Gasteiger partial charge in [0.2, 0.25) is 0 Å². The Morgan fingerprint density at radius 1 is 1.33 bits per heavy atom. The molecule has 1 aromatic rings. The summed E-state index contributed by atoms with van der Waals surface area (Å²) in [6.45, 7) is 1.08. The number of hydrogen-bond donors (Lipinski definition) is 1. The molecule has 0 amide bonds. The van der Waals surface area contributed by atoms with Gasteiger partial charge in [-0.2, -0.15) is 5.26 Å². The van der Waals surface area contributed by atoms with Gasteiger partial charge in [0, 0.05) is 12.2 Å². The molecule has 1 aromatic carbocycles. The summed E-state index contributed by atoms with van der Waals surface area (Å²) in [7, 11) is 0. The zero-order valence-electron chi connectivity index (χ0n) is 8.71. The molecule has 1 heterocycles. The highest BCUT2D eigenvalue weighted by atomic mass is 14.9. The zero-order chi connectivity index (χ0) is 10.3. The molecular formula is C13H14N2. The molecule has 3 rings (SSSR count). The normalized spacial score (nSPS) is 21.0. The SMILES string of the molecule is N#CC1(c2ccc3c(c2)CCCN3)CC1. The predicted octanol–water partition coefficient (Wildman–Crippen LogP) is 2.60. The maximum absolute atomic E-state index is 9.15. The van der Waals surface area contributed by atoms with Gasteiger partial charge in [-0.3, -0.25) is 0 Å². The average Bonchev–Trinajstić information content (AvgIpc) is 3.09. The van der Waals surface area contributed by atoms with Gasteiger partial charge in [-0.15, -0.1) is 0 Å².